The maximum atomic E-state index is 12.2. The van der Waals surface area contributed by atoms with Crippen molar-refractivity contribution in [2.24, 2.45) is 0 Å². The van der Waals surface area contributed by atoms with Crippen LogP contribution in [0.3, 0.4) is 0 Å². The molecule has 14 heavy (non-hydrogen) atoms. The average molecular weight is 230 g/mol. The molecular formula is C7H8FNaO4S. The van der Waals surface area contributed by atoms with Gasteiger partial charge in [0, 0.05) is 0 Å². The summed E-state index contributed by atoms with van der Waals surface area (Å²) in [5.74, 6) is -0.145. The topological polar surface area (TPSA) is 74.6 Å². The minimum atomic E-state index is -4.67. The Labute approximate surface area is 99.1 Å². The van der Waals surface area contributed by atoms with Gasteiger partial charge in [0.15, 0.2) is 0 Å². The van der Waals surface area contributed by atoms with Gasteiger partial charge in [-0.2, -0.15) is 8.42 Å². The molecular weight excluding hydrogens is 222 g/mol. The number of hydrogen-bond acceptors (Lipinski definition) is 2. The van der Waals surface area contributed by atoms with Gasteiger partial charge in [-0.25, -0.2) is 0 Å². The summed E-state index contributed by atoms with van der Waals surface area (Å²) in [6.07, 6.45) is 0. The summed E-state index contributed by atoms with van der Waals surface area (Å²) in [6, 6.07) is 6.69. The third kappa shape index (κ3) is 10.1. The molecule has 2 N–H and O–H groups in total. The normalized spacial score (nSPS) is 10.4. The van der Waals surface area contributed by atoms with Gasteiger partial charge >= 0.3 is 82.0 Å². The van der Waals surface area contributed by atoms with Crippen molar-refractivity contribution in [2.45, 2.75) is 3.67 Å². The van der Waals surface area contributed by atoms with Crippen molar-refractivity contribution >= 4 is 38.3 Å². The maximum Gasteiger partial charge on any atom is 0.394 e. The number of benzene rings is 1. The smallest absolute Gasteiger partial charge is 0.264 e. The third-order valence-electron chi connectivity index (χ3n) is 1.32. The molecule has 0 saturated heterocycles. The van der Waals surface area contributed by atoms with Gasteiger partial charge in [0.25, 0.3) is 0 Å². The monoisotopic (exact) mass is 230 g/mol. The van der Waals surface area contributed by atoms with Crippen LogP contribution >= 0.6 is 0 Å². The van der Waals surface area contributed by atoms with Crippen LogP contribution < -0.4 is 0 Å². The van der Waals surface area contributed by atoms with Gasteiger partial charge in [0.05, 0.1) is 0 Å². The second-order valence-corrected chi connectivity index (χ2v) is 4.03. The molecule has 74 valence electrons. The molecule has 0 amide bonds. The Morgan fingerprint density at radius 3 is 1.86 bits per heavy atom. The number of halogens is 1. The van der Waals surface area contributed by atoms with Crippen molar-refractivity contribution in [2.75, 3.05) is 0 Å². The molecule has 0 spiro atoms. The van der Waals surface area contributed by atoms with Crippen LogP contribution in [-0.4, -0.2) is 45.5 Å². The van der Waals surface area contributed by atoms with E-state index < -0.39 is 10.4 Å². The number of rotatable bonds is 1. The van der Waals surface area contributed by atoms with E-state index >= 15 is 0 Å². The van der Waals surface area contributed by atoms with E-state index in [1.54, 1.807) is 0 Å². The van der Waals surface area contributed by atoms with Gasteiger partial charge in [-0.05, 0) is 0 Å². The molecule has 0 saturated carbocycles. The molecule has 4 nitrogen and oxygen atoms in total. The van der Waals surface area contributed by atoms with Gasteiger partial charge in [0.2, 0.25) is 0 Å². The fraction of sp³-hybridized carbons (Fsp3) is 0.143. The predicted octanol–water partition coefficient (Wildman–Crippen LogP) is 0.841. The Kier molecular flexibility index (Phi) is 6.50. The Balaban J connectivity index is 0.000000292. The summed E-state index contributed by atoms with van der Waals surface area (Å²) in [5.41, 5.74) is 1.24. The van der Waals surface area contributed by atoms with Crippen molar-refractivity contribution in [1.29, 1.82) is 0 Å². The first-order chi connectivity index (χ1) is 6.33. The minimum absolute atomic E-state index is 0.145. The van der Waals surface area contributed by atoms with Crippen molar-refractivity contribution in [3.8, 4) is 0 Å². The van der Waals surface area contributed by atoms with E-state index in [0.29, 0.717) is 0 Å². The minimum Gasteiger partial charge on any atom is -0.264 e. The van der Waals surface area contributed by atoms with E-state index in [0.717, 1.165) is 31.6 Å². The van der Waals surface area contributed by atoms with Gasteiger partial charge < -0.3 is 0 Å². The molecule has 0 bridgehead atoms. The van der Waals surface area contributed by atoms with Crippen LogP contribution in [0.2, 0.25) is 0 Å². The van der Waals surface area contributed by atoms with Gasteiger partial charge in [-0.15, -0.1) is 0 Å². The van der Waals surface area contributed by atoms with Gasteiger partial charge in [0.1, 0.15) is 0 Å². The summed E-state index contributed by atoms with van der Waals surface area (Å²) in [4.78, 5) is 0. The average Bonchev–Trinajstić information content (AvgIpc) is 2.03. The Morgan fingerprint density at radius 2 is 1.57 bits per heavy atom. The molecule has 0 aliphatic carbocycles. The fourth-order valence-corrected chi connectivity index (χ4v) is 1.19. The molecule has 7 heteroatoms. The van der Waals surface area contributed by atoms with Crippen molar-refractivity contribution in [3.05, 3.63) is 35.6 Å². The van der Waals surface area contributed by atoms with Crippen LogP contribution in [-0.2, 0) is 14.1 Å². The summed E-state index contributed by atoms with van der Waals surface area (Å²) >= 11 is 1.15. The zero-order valence-corrected chi connectivity index (χ0v) is 10.3. The zero-order valence-electron chi connectivity index (χ0n) is 7.51. The zero-order chi connectivity index (χ0) is 11.2. The summed E-state index contributed by atoms with van der Waals surface area (Å²) in [6.45, 7) is 0. The van der Waals surface area contributed by atoms with E-state index in [-0.39, 0.29) is 5.82 Å². The van der Waals surface area contributed by atoms with Crippen LogP contribution in [0.5, 0.6) is 0 Å². The summed E-state index contributed by atoms with van der Waals surface area (Å²) in [5, 5.41) is 0. The number of hydrogen-bond donors (Lipinski definition) is 2. The molecule has 1 aromatic rings. The Hall–Kier alpha value is 0.0200. The maximum absolute atomic E-state index is 12.2. The molecule has 0 atom stereocenters. The Bertz CT molecular complexity index is 354. The van der Waals surface area contributed by atoms with Crippen LogP contribution in [0.4, 0.5) is 4.39 Å². The van der Waals surface area contributed by atoms with Crippen molar-refractivity contribution in [3.63, 3.8) is 0 Å². The largest absolute Gasteiger partial charge is 0.394 e. The standard InChI is InChI=1S/C7H6F.Na.H2O4S/c1-6-2-4-7(8)5-3-6;;1-5(2,3)4/h2-5H,1H2;;(H2,1,2,3,4). The van der Waals surface area contributed by atoms with Gasteiger partial charge in [-0.3, -0.25) is 9.11 Å². The molecule has 0 radical (unpaired) electrons. The second-order valence-electron chi connectivity index (χ2n) is 2.43. The molecule has 0 aliphatic rings. The van der Waals surface area contributed by atoms with Crippen LogP contribution in [0.15, 0.2) is 24.3 Å². The second kappa shape index (κ2) is 6.49. The third-order valence-corrected chi connectivity index (χ3v) is 2.14. The first-order valence-corrected chi connectivity index (χ1v) is 6.58. The molecule has 0 unspecified atom stereocenters. The van der Waals surface area contributed by atoms with Gasteiger partial charge in [-0.1, -0.05) is 0 Å². The summed E-state index contributed by atoms with van der Waals surface area (Å²) < 4.78 is 44.9. The van der Waals surface area contributed by atoms with E-state index in [2.05, 4.69) is 0 Å². The van der Waals surface area contributed by atoms with E-state index in [9.17, 15) is 4.39 Å². The molecule has 0 aromatic heterocycles. The van der Waals surface area contributed by atoms with Crippen molar-refractivity contribution < 1.29 is 21.9 Å². The fourth-order valence-electron chi connectivity index (χ4n) is 0.720. The van der Waals surface area contributed by atoms with Crippen LogP contribution in [0.25, 0.3) is 0 Å². The Morgan fingerprint density at radius 1 is 1.21 bits per heavy atom. The predicted molar refractivity (Wildman–Crippen MR) is 50.0 cm³/mol. The SMILES string of the molecule is Fc1ccc([CH2][Na])cc1.O=S(=O)(O)O. The quantitative estimate of drug-likeness (QED) is 0.553. The molecule has 0 aliphatic heterocycles. The molecule has 1 rings (SSSR count). The van der Waals surface area contributed by atoms with Crippen molar-refractivity contribution in [1.82, 2.24) is 0 Å². The molecule has 0 heterocycles. The molecule has 1 aromatic carbocycles. The van der Waals surface area contributed by atoms with Crippen LogP contribution in [0.1, 0.15) is 5.56 Å². The molecule has 0 fully saturated rings. The van der Waals surface area contributed by atoms with E-state index in [4.69, 9.17) is 17.5 Å². The first kappa shape index (κ1) is 14.0. The first-order valence-electron chi connectivity index (χ1n) is 3.77. The summed E-state index contributed by atoms with van der Waals surface area (Å²) in [7, 11) is -4.67. The van der Waals surface area contributed by atoms with Crippen LogP contribution in [0, 0.1) is 5.82 Å². The van der Waals surface area contributed by atoms with E-state index in [1.165, 1.54) is 17.7 Å². The van der Waals surface area contributed by atoms with E-state index in [1.807, 2.05) is 12.1 Å².